The molecule has 0 aliphatic rings. The fraction of sp³-hybridized carbons (Fsp3) is 0. The maximum absolute atomic E-state index is 2.44. The van der Waals surface area contributed by atoms with E-state index >= 15 is 0 Å². The Morgan fingerprint density at radius 1 is 0.286 bits per heavy atom. The van der Waals surface area contributed by atoms with Gasteiger partial charge in [0, 0.05) is 33.3 Å². The lowest BCUT2D eigenvalue weighted by molar-refractivity contribution is 1.18. The van der Waals surface area contributed by atoms with Crippen molar-refractivity contribution in [3.05, 3.63) is 231 Å². The van der Waals surface area contributed by atoms with Crippen LogP contribution in [0.5, 0.6) is 0 Å². The Morgan fingerprint density at radius 3 is 1.36 bits per heavy atom. The van der Waals surface area contributed by atoms with Crippen molar-refractivity contribution in [1.29, 1.82) is 0 Å². The van der Waals surface area contributed by atoms with Crippen molar-refractivity contribution in [3.63, 3.8) is 0 Å². The molecule has 1 aromatic heterocycles. The predicted octanol–water partition coefficient (Wildman–Crippen LogP) is 14.9. The van der Waals surface area contributed by atoms with Gasteiger partial charge in [-0.25, -0.2) is 0 Å². The van der Waals surface area contributed by atoms with E-state index in [0.29, 0.717) is 0 Å². The van der Waals surface area contributed by atoms with Crippen molar-refractivity contribution >= 4 is 38.9 Å². The number of fused-ring (bicyclic) bond motifs is 3. The Kier molecular flexibility index (Phi) is 8.55. The highest BCUT2D eigenvalue weighted by molar-refractivity contribution is 6.10. The third-order valence-corrected chi connectivity index (χ3v) is 10.8. The van der Waals surface area contributed by atoms with Crippen molar-refractivity contribution in [2.24, 2.45) is 0 Å². The molecule has 1 heterocycles. The molecule has 0 spiro atoms. The average Bonchev–Trinajstić information content (AvgIpc) is 3.62. The van der Waals surface area contributed by atoms with E-state index in [1.807, 2.05) is 0 Å². The normalized spacial score (nSPS) is 11.2. The van der Waals surface area contributed by atoms with E-state index in [1.165, 1.54) is 55.2 Å². The van der Waals surface area contributed by atoms with E-state index in [1.54, 1.807) is 0 Å². The van der Waals surface area contributed by atoms with Gasteiger partial charge in [-0.15, -0.1) is 0 Å². The molecule has 0 unspecified atom stereocenters. The molecule has 0 atom stereocenters. The molecule has 0 saturated carbocycles. The van der Waals surface area contributed by atoms with Crippen LogP contribution < -0.4 is 4.90 Å². The SMILES string of the molecule is c1ccc(-c2ccc(N(c3ccccc3)c3cccc(-c4cc(-c5ccccc5)ccc4-n4c5ccccc5c5ccccc54)c3)c(-c3ccccc3)c2)cc1. The van der Waals surface area contributed by atoms with E-state index in [2.05, 4.69) is 240 Å². The summed E-state index contributed by atoms with van der Waals surface area (Å²) < 4.78 is 2.44. The smallest absolute Gasteiger partial charge is 0.0541 e. The van der Waals surface area contributed by atoms with E-state index in [0.717, 1.165) is 33.9 Å². The second-order valence-electron chi connectivity index (χ2n) is 14.2. The lowest BCUT2D eigenvalue weighted by atomic mass is 9.95. The van der Waals surface area contributed by atoms with E-state index < -0.39 is 0 Å². The molecule has 0 amide bonds. The van der Waals surface area contributed by atoms with Gasteiger partial charge in [-0.1, -0.05) is 170 Å². The Hall–Kier alpha value is -7.42. The van der Waals surface area contributed by atoms with Crippen LogP contribution in [-0.4, -0.2) is 4.57 Å². The first-order valence-corrected chi connectivity index (χ1v) is 19.2. The molecule has 2 heteroatoms. The van der Waals surface area contributed by atoms with Gasteiger partial charge in [-0.05, 0) is 94.0 Å². The number of hydrogen-bond acceptors (Lipinski definition) is 1. The first-order valence-electron chi connectivity index (χ1n) is 19.2. The summed E-state index contributed by atoms with van der Waals surface area (Å²) in [4.78, 5) is 2.40. The molecule has 2 nitrogen and oxygen atoms in total. The Balaban J connectivity index is 1.21. The number of hydrogen-bond donors (Lipinski definition) is 0. The zero-order valence-corrected chi connectivity index (χ0v) is 30.8. The molecular weight excluding hydrogens is 677 g/mol. The quantitative estimate of drug-likeness (QED) is 0.152. The van der Waals surface area contributed by atoms with Crippen LogP contribution in [0.2, 0.25) is 0 Å². The maximum Gasteiger partial charge on any atom is 0.0541 e. The first kappa shape index (κ1) is 33.2. The van der Waals surface area contributed by atoms with Crippen LogP contribution >= 0.6 is 0 Å². The van der Waals surface area contributed by atoms with E-state index in [9.17, 15) is 0 Å². The van der Waals surface area contributed by atoms with E-state index in [-0.39, 0.29) is 0 Å². The molecule has 0 saturated heterocycles. The van der Waals surface area contributed by atoms with Gasteiger partial charge >= 0.3 is 0 Å². The van der Waals surface area contributed by atoms with Crippen molar-refractivity contribution in [2.75, 3.05) is 4.90 Å². The van der Waals surface area contributed by atoms with Crippen molar-refractivity contribution in [1.82, 2.24) is 4.57 Å². The molecule has 10 rings (SSSR count). The van der Waals surface area contributed by atoms with Crippen LogP contribution in [0.25, 0.3) is 72.0 Å². The van der Waals surface area contributed by atoms with Crippen LogP contribution in [0.3, 0.4) is 0 Å². The summed E-state index contributed by atoms with van der Waals surface area (Å²) in [6, 6.07) is 83.1. The first-order chi connectivity index (χ1) is 27.8. The molecule has 0 radical (unpaired) electrons. The summed E-state index contributed by atoms with van der Waals surface area (Å²) in [6.45, 7) is 0. The number of para-hydroxylation sites is 3. The molecule has 0 bridgehead atoms. The number of rotatable bonds is 8. The summed E-state index contributed by atoms with van der Waals surface area (Å²) >= 11 is 0. The molecule has 10 aromatic rings. The number of aromatic nitrogens is 1. The third kappa shape index (κ3) is 6.04. The summed E-state index contributed by atoms with van der Waals surface area (Å²) in [6.07, 6.45) is 0. The van der Waals surface area contributed by atoms with Crippen molar-refractivity contribution in [3.8, 4) is 50.2 Å². The van der Waals surface area contributed by atoms with Crippen LogP contribution in [-0.2, 0) is 0 Å². The fourth-order valence-electron chi connectivity index (χ4n) is 8.16. The Morgan fingerprint density at radius 2 is 0.750 bits per heavy atom. The average molecular weight is 715 g/mol. The van der Waals surface area contributed by atoms with Crippen molar-refractivity contribution < 1.29 is 0 Å². The second-order valence-corrected chi connectivity index (χ2v) is 14.2. The summed E-state index contributed by atoms with van der Waals surface area (Å²) in [5.41, 5.74) is 16.2. The largest absolute Gasteiger partial charge is 0.310 e. The lowest BCUT2D eigenvalue weighted by Gasteiger charge is -2.29. The predicted molar refractivity (Wildman–Crippen MR) is 237 cm³/mol. The Bertz CT molecular complexity index is 2890. The van der Waals surface area contributed by atoms with Gasteiger partial charge in [0.25, 0.3) is 0 Å². The summed E-state index contributed by atoms with van der Waals surface area (Å²) in [5.74, 6) is 0. The Labute approximate surface area is 327 Å². The van der Waals surface area contributed by atoms with Gasteiger partial charge < -0.3 is 9.47 Å². The van der Waals surface area contributed by atoms with Crippen LogP contribution in [0.1, 0.15) is 0 Å². The van der Waals surface area contributed by atoms with Gasteiger partial charge in [-0.2, -0.15) is 0 Å². The van der Waals surface area contributed by atoms with E-state index in [4.69, 9.17) is 0 Å². The maximum atomic E-state index is 2.44. The minimum atomic E-state index is 1.08. The number of anilines is 3. The van der Waals surface area contributed by atoms with Gasteiger partial charge in [-0.3, -0.25) is 0 Å². The standard InChI is InChI=1S/C54H38N2/c1-5-18-39(19-6-1)42-32-34-53(49(37-42)41-22-9-3-10-23-41)55(45-25-11-4-12-26-45)46-27-17-24-44(36-46)50-38-43(40-20-7-2-8-21-40)33-35-54(50)56-51-30-15-13-28-47(51)48-29-14-16-31-52(48)56/h1-38H. The van der Waals surface area contributed by atoms with Crippen LogP contribution in [0.4, 0.5) is 17.1 Å². The third-order valence-electron chi connectivity index (χ3n) is 10.8. The molecule has 9 aromatic carbocycles. The highest BCUT2D eigenvalue weighted by Crippen LogP contribution is 2.45. The van der Waals surface area contributed by atoms with Gasteiger partial charge in [0.15, 0.2) is 0 Å². The molecule has 0 N–H and O–H groups in total. The molecule has 0 aliphatic heterocycles. The molecule has 56 heavy (non-hydrogen) atoms. The fourth-order valence-corrected chi connectivity index (χ4v) is 8.16. The molecular formula is C54H38N2. The lowest BCUT2D eigenvalue weighted by Crippen LogP contribution is -2.11. The van der Waals surface area contributed by atoms with Crippen LogP contribution in [0.15, 0.2) is 231 Å². The second kappa shape index (κ2) is 14.4. The van der Waals surface area contributed by atoms with Gasteiger partial charge in [0.2, 0.25) is 0 Å². The summed E-state index contributed by atoms with van der Waals surface area (Å²) in [7, 11) is 0. The van der Waals surface area contributed by atoms with Gasteiger partial charge in [0.1, 0.15) is 0 Å². The zero-order chi connectivity index (χ0) is 37.3. The molecule has 264 valence electrons. The molecule has 0 aliphatic carbocycles. The van der Waals surface area contributed by atoms with Crippen LogP contribution in [0, 0.1) is 0 Å². The number of nitrogens with zero attached hydrogens (tertiary/aromatic N) is 2. The topological polar surface area (TPSA) is 8.17 Å². The highest BCUT2D eigenvalue weighted by Gasteiger charge is 2.21. The molecule has 0 fully saturated rings. The monoisotopic (exact) mass is 714 g/mol. The van der Waals surface area contributed by atoms with Gasteiger partial charge in [0.05, 0.1) is 22.4 Å². The minimum Gasteiger partial charge on any atom is -0.310 e. The zero-order valence-electron chi connectivity index (χ0n) is 30.8. The minimum absolute atomic E-state index is 1.08. The van der Waals surface area contributed by atoms with Crippen molar-refractivity contribution in [2.45, 2.75) is 0 Å². The number of benzene rings is 9. The summed E-state index contributed by atoms with van der Waals surface area (Å²) in [5, 5.41) is 2.50. The highest BCUT2D eigenvalue weighted by atomic mass is 15.1.